The molecule has 0 saturated heterocycles. The lowest BCUT2D eigenvalue weighted by Gasteiger charge is -2.11. The molecular formula is C26H22O. The van der Waals surface area contributed by atoms with E-state index in [4.69, 9.17) is 4.74 Å². The summed E-state index contributed by atoms with van der Waals surface area (Å²) in [6.07, 6.45) is 0. The van der Waals surface area contributed by atoms with E-state index in [0.717, 1.165) is 22.3 Å². The van der Waals surface area contributed by atoms with E-state index in [1.54, 1.807) is 0 Å². The maximum Gasteiger partial charge on any atom is 0.0721 e. The van der Waals surface area contributed by atoms with Gasteiger partial charge >= 0.3 is 0 Å². The molecule has 132 valence electrons. The highest BCUT2D eigenvalue weighted by Gasteiger charge is 2.04. The molecule has 1 heteroatoms. The lowest BCUT2D eigenvalue weighted by molar-refractivity contribution is 0.205. The van der Waals surface area contributed by atoms with Crippen molar-refractivity contribution in [1.82, 2.24) is 0 Å². The molecule has 0 unspecified atom stereocenters. The number of rotatable bonds is 6. The van der Waals surface area contributed by atoms with Gasteiger partial charge in [-0.05, 0) is 56.0 Å². The molecule has 4 aromatic rings. The summed E-state index contributed by atoms with van der Waals surface area (Å²) < 4.78 is 5.89. The Labute approximate surface area is 160 Å². The van der Waals surface area contributed by atoms with Crippen LogP contribution in [0.15, 0.2) is 98.1 Å². The van der Waals surface area contributed by atoms with Gasteiger partial charge < -0.3 is 4.74 Å². The van der Waals surface area contributed by atoms with E-state index in [1.165, 1.54) is 21.5 Å². The van der Waals surface area contributed by atoms with Crippen molar-refractivity contribution in [1.29, 1.82) is 0 Å². The van der Waals surface area contributed by atoms with E-state index in [9.17, 15) is 0 Å². The fourth-order valence-corrected chi connectivity index (χ4v) is 3.28. The van der Waals surface area contributed by atoms with Crippen molar-refractivity contribution in [3.63, 3.8) is 0 Å². The molecule has 0 amide bonds. The molecule has 0 N–H and O–H groups in total. The molecule has 0 atom stereocenters. The van der Waals surface area contributed by atoms with Crippen LogP contribution in [0.1, 0.15) is 11.1 Å². The predicted molar refractivity (Wildman–Crippen MR) is 117 cm³/mol. The van der Waals surface area contributed by atoms with E-state index < -0.39 is 0 Å². The molecule has 0 heterocycles. The minimum absolute atomic E-state index is 0.491. The Morgan fingerprint density at radius 3 is 1.41 bits per heavy atom. The first-order valence-electron chi connectivity index (χ1n) is 9.12. The van der Waals surface area contributed by atoms with Crippen LogP contribution in [0.2, 0.25) is 0 Å². The van der Waals surface area contributed by atoms with Crippen molar-refractivity contribution < 1.29 is 4.74 Å². The second-order valence-corrected chi connectivity index (χ2v) is 6.82. The number of hydrogen-bond donors (Lipinski definition) is 0. The highest BCUT2D eigenvalue weighted by molar-refractivity contribution is 5.87. The standard InChI is InChI=1S/C26H22O/c1-19(23-13-11-21-7-3-5-9-25(21)15-23)17-27-18-20(2)24-14-12-22-8-4-6-10-26(22)16-24/h3-16H,1-2,17-18H2. The molecular weight excluding hydrogens is 328 g/mol. The van der Waals surface area contributed by atoms with Gasteiger partial charge in [0.15, 0.2) is 0 Å². The summed E-state index contributed by atoms with van der Waals surface area (Å²) in [7, 11) is 0. The van der Waals surface area contributed by atoms with Crippen LogP contribution in [-0.4, -0.2) is 13.2 Å². The largest absolute Gasteiger partial charge is 0.372 e. The fourth-order valence-electron chi connectivity index (χ4n) is 3.28. The molecule has 4 aromatic carbocycles. The molecule has 0 saturated carbocycles. The average Bonchev–Trinajstić information content (AvgIpc) is 2.72. The summed E-state index contributed by atoms with van der Waals surface area (Å²) in [5.74, 6) is 0. The lowest BCUT2D eigenvalue weighted by Crippen LogP contribution is -2.01. The van der Waals surface area contributed by atoms with Crippen LogP contribution < -0.4 is 0 Å². The Bertz CT molecular complexity index is 1050. The van der Waals surface area contributed by atoms with Gasteiger partial charge in [-0.15, -0.1) is 0 Å². The minimum atomic E-state index is 0.491. The number of ether oxygens (including phenoxy) is 1. The zero-order valence-corrected chi connectivity index (χ0v) is 15.3. The molecule has 0 aromatic heterocycles. The quantitative estimate of drug-likeness (QED) is 0.374. The molecule has 0 bridgehead atoms. The molecule has 0 radical (unpaired) electrons. The average molecular weight is 350 g/mol. The molecule has 0 spiro atoms. The third-order valence-corrected chi connectivity index (χ3v) is 4.87. The van der Waals surface area contributed by atoms with Crippen molar-refractivity contribution in [3.05, 3.63) is 109 Å². The maximum absolute atomic E-state index is 5.89. The van der Waals surface area contributed by atoms with Gasteiger partial charge in [-0.3, -0.25) is 0 Å². The molecule has 1 nitrogen and oxygen atoms in total. The summed E-state index contributed by atoms with van der Waals surface area (Å²) in [6, 6.07) is 29.5. The van der Waals surface area contributed by atoms with Crippen LogP contribution in [0.5, 0.6) is 0 Å². The summed E-state index contributed by atoms with van der Waals surface area (Å²) in [4.78, 5) is 0. The van der Waals surface area contributed by atoms with Crippen LogP contribution in [-0.2, 0) is 4.74 Å². The van der Waals surface area contributed by atoms with Crippen molar-refractivity contribution in [2.24, 2.45) is 0 Å². The van der Waals surface area contributed by atoms with Crippen LogP contribution in [0.4, 0.5) is 0 Å². The summed E-state index contributed by atoms with van der Waals surface area (Å²) in [6.45, 7) is 9.36. The van der Waals surface area contributed by atoms with Gasteiger partial charge in [-0.1, -0.05) is 86.0 Å². The van der Waals surface area contributed by atoms with Crippen molar-refractivity contribution in [2.45, 2.75) is 0 Å². The summed E-state index contributed by atoms with van der Waals surface area (Å²) in [5, 5.41) is 4.91. The van der Waals surface area contributed by atoms with Gasteiger partial charge in [0.25, 0.3) is 0 Å². The topological polar surface area (TPSA) is 9.23 Å². The first-order valence-corrected chi connectivity index (χ1v) is 9.12. The van der Waals surface area contributed by atoms with E-state index in [1.807, 2.05) is 0 Å². The third-order valence-electron chi connectivity index (χ3n) is 4.87. The smallest absolute Gasteiger partial charge is 0.0721 e. The molecule has 0 aliphatic heterocycles. The molecule has 4 rings (SSSR count). The van der Waals surface area contributed by atoms with Crippen LogP contribution in [0.25, 0.3) is 32.7 Å². The van der Waals surface area contributed by atoms with Crippen LogP contribution in [0.3, 0.4) is 0 Å². The molecule has 0 aliphatic carbocycles. The van der Waals surface area contributed by atoms with Crippen molar-refractivity contribution in [2.75, 3.05) is 13.2 Å². The predicted octanol–water partition coefficient (Wildman–Crippen LogP) is 6.74. The third kappa shape index (κ3) is 3.84. The van der Waals surface area contributed by atoms with Crippen molar-refractivity contribution >= 4 is 32.7 Å². The summed E-state index contributed by atoms with van der Waals surface area (Å²) in [5.41, 5.74) is 4.19. The Balaban J connectivity index is 1.39. The Morgan fingerprint density at radius 1 is 0.556 bits per heavy atom. The van der Waals surface area contributed by atoms with Crippen LogP contribution >= 0.6 is 0 Å². The highest BCUT2D eigenvalue weighted by atomic mass is 16.5. The van der Waals surface area contributed by atoms with Gasteiger partial charge in [0.1, 0.15) is 0 Å². The Hall–Kier alpha value is -3.16. The first-order chi connectivity index (χ1) is 13.2. The van der Waals surface area contributed by atoms with Gasteiger partial charge in [0.2, 0.25) is 0 Å². The normalized spacial score (nSPS) is 11.0. The van der Waals surface area contributed by atoms with Gasteiger partial charge in [0.05, 0.1) is 13.2 Å². The number of fused-ring (bicyclic) bond motifs is 2. The Kier molecular flexibility index (Phi) is 4.86. The number of benzene rings is 4. The van der Waals surface area contributed by atoms with Gasteiger partial charge in [-0.25, -0.2) is 0 Å². The zero-order valence-electron chi connectivity index (χ0n) is 15.3. The lowest BCUT2D eigenvalue weighted by atomic mass is 10.0. The summed E-state index contributed by atoms with van der Waals surface area (Å²) >= 11 is 0. The van der Waals surface area contributed by atoms with Crippen molar-refractivity contribution in [3.8, 4) is 0 Å². The first kappa shape index (κ1) is 17.3. The maximum atomic E-state index is 5.89. The monoisotopic (exact) mass is 350 g/mol. The van der Waals surface area contributed by atoms with E-state index >= 15 is 0 Å². The second-order valence-electron chi connectivity index (χ2n) is 6.82. The van der Waals surface area contributed by atoms with E-state index in [2.05, 4.69) is 98.1 Å². The zero-order chi connectivity index (χ0) is 18.6. The molecule has 0 aliphatic rings. The Morgan fingerprint density at radius 2 is 0.963 bits per heavy atom. The van der Waals surface area contributed by atoms with Crippen LogP contribution in [0, 0.1) is 0 Å². The minimum Gasteiger partial charge on any atom is -0.372 e. The number of hydrogen-bond acceptors (Lipinski definition) is 1. The molecule has 0 fully saturated rings. The second kappa shape index (κ2) is 7.61. The van der Waals surface area contributed by atoms with Gasteiger partial charge in [-0.2, -0.15) is 0 Å². The fraction of sp³-hybridized carbons (Fsp3) is 0.0769. The van der Waals surface area contributed by atoms with E-state index in [0.29, 0.717) is 13.2 Å². The van der Waals surface area contributed by atoms with E-state index in [-0.39, 0.29) is 0 Å². The highest BCUT2D eigenvalue weighted by Crippen LogP contribution is 2.23. The van der Waals surface area contributed by atoms with Gasteiger partial charge in [0, 0.05) is 0 Å². The SMILES string of the molecule is C=C(COCC(=C)c1ccc2ccccc2c1)c1ccc2ccccc2c1. The molecule has 27 heavy (non-hydrogen) atoms.